The number of amides is 2. The number of hydrogen-bond acceptors (Lipinski definition) is 3. The van der Waals surface area contributed by atoms with Gasteiger partial charge in [0, 0.05) is 38.7 Å². The van der Waals surface area contributed by atoms with Gasteiger partial charge in [0.05, 0.1) is 6.20 Å². The monoisotopic (exact) mass is 315 g/mol. The molecule has 0 saturated carbocycles. The third kappa shape index (κ3) is 4.71. The number of pyridine rings is 1. The second-order valence-electron chi connectivity index (χ2n) is 6.26. The Kier molecular flexibility index (Phi) is 5.51. The molecular formula is C18H25N3O2. The van der Waals surface area contributed by atoms with Crippen LogP contribution in [0.1, 0.15) is 38.5 Å². The summed E-state index contributed by atoms with van der Waals surface area (Å²) in [4.78, 5) is 18.2. The molecule has 0 bridgehead atoms. The first-order valence-corrected chi connectivity index (χ1v) is 8.58. The van der Waals surface area contributed by atoms with Crippen molar-refractivity contribution in [1.82, 2.24) is 15.2 Å². The first kappa shape index (κ1) is 15.8. The van der Waals surface area contributed by atoms with Gasteiger partial charge in [0.15, 0.2) is 0 Å². The molecule has 1 aromatic rings. The van der Waals surface area contributed by atoms with Gasteiger partial charge in [-0.25, -0.2) is 4.79 Å². The van der Waals surface area contributed by atoms with Crippen LogP contribution in [0.25, 0.3) is 0 Å². The van der Waals surface area contributed by atoms with Crippen LogP contribution >= 0.6 is 0 Å². The summed E-state index contributed by atoms with van der Waals surface area (Å²) in [5, 5.41) is 3.05. The van der Waals surface area contributed by atoms with Crippen LogP contribution in [0, 0.1) is 0 Å². The molecule has 1 N–H and O–H groups in total. The van der Waals surface area contributed by atoms with Crippen LogP contribution in [0.4, 0.5) is 4.79 Å². The van der Waals surface area contributed by atoms with E-state index in [1.165, 1.54) is 18.4 Å². The molecule has 2 aliphatic rings. The molecule has 1 aliphatic heterocycles. The topological polar surface area (TPSA) is 54.5 Å². The molecule has 2 heterocycles. The lowest BCUT2D eigenvalue weighted by Gasteiger charge is -2.32. The largest absolute Gasteiger partial charge is 0.489 e. The Hall–Kier alpha value is -2.04. The number of rotatable bonds is 4. The Morgan fingerprint density at radius 2 is 2.22 bits per heavy atom. The highest BCUT2D eigenvalue weighted by atomic mass is 16.5. The Bertz CT molecular complexity index is 536. The minimum absolute atomic E-state index is 0.0521. The summed E-state index contributed by atoms with van der Waals surface area (Å²) >= 11 is 0. The number of ether oxygens (including phenoxy) is 1. The number of urea groups is 1. The first-order chi connectivity index (χ1) is 11.3. The van der Waals surface area contributed by atoms with E-state index in [9.17, 15) is 4.79 Å². The standard InChI is InChI=1S/C18H25N3O2/c22-18(20-13-15-5-2-1-3-6-15)21-11-8-16(9-12-21)23-17-7-4-10-19-14-17/h4-5,7,10,14,16H,1-3,6,8-9,11-13H2,(H,20,22). The number of nitrogens with one attached hydrogen (secondary N) is 1. The number of aromatic nitrogens is 1. The van der Waals surface area contributed by atoms with Crippen LogP contribution in [-0.4, -0.2) is 41.7 Å². The summed E-state index contributed by atoms with van der Waals surface area (Å²) in [7, 11) is 0. The second-order valence-corrected chi connectivity index (χ2v) is 6.26. The van der Waals surface area contributed by atoms with E-state index in [-0.39, 0.29) is 12.1 Å². The van der Waals surface area contributed by atoms with Crippen LogP contribution in [0.5, 0.6) is 5.75 Å². The maximum absolute atomic E-state index is 12.2. The van der Waals surface area contributed by atoms with E-state index < -0.39 is 0 Å². The van der Waals surface area contributed by atoms with Gasteiger partial charge in [-0.15, -0.1) is 0 Å². The van der Waals surface area contributed by atoms with E-state index in [0.29, 0.717) is 6.54 Å². The molecule has 23 heavy (non-hydrogen) atoms. The highest BCUT2D eigenvalue weighted by Crippen LogP contribution is 2.19. The molecule has 5 nitrogen and oxygen atoms in total. The molecular weight excluding hydrogens is 290 g/mol. The number of piperidine rings is 1. The van der Waals surface area contributed by atoms with Crippen LogP contribution in [0.15, 0.2) is 36.2 Å². The van der Waals surface area contributed by atoms with Crippen molar-refractivity contribution >= 4 is 6.03 Å². The lowest BCUT2D eigenvalue weighted by atomic mass is 10.00. The quantitative estimate of drug-likeness (QED) is 0.869. The van der Waals surface area contributed by atoms with Crippen molar-refractivity contribution in [3.8, 4) is 5.75 Å². The van der Waals surface area contributed by atoms with Crippen molar-refractivity contribution < 1.29 is 9.53 Å². The third-order valence-electron chi connectivity index (χ3n) is 4.52. The molecule has 1 aromatic heterocycles. The van der Waals surface area contributed by atoms with Crippen molar-refractivity contribution in [2.45, 2.75) is 44.6 Å². The molecule has 0 atom stereocenters. The van der Waals surface area contributed by atoms with Crippen molar-refractivity contribution in [2.75, 3.05) is 19.6 Å². The predicted molar refractivity (Wildman–Crippen MR) is 89.4 cm³/mol. The van der Waals surface area contributed by atoms with Gasteiger partial charge in [-0.05, 0) is 37.8 Å². The maximum Gasteiger partial charge on any atom is 0.317 e. The normalized spacial score (nSPS) is 19.1. The van der Waals surface area contributed by atoms with Crippen molar-refractivity contribution in [1.29, 1.82) is 0 Å². The van der Waals surface area contributed by atoms with Gasteiger partial charge in [0.1, 0.15) is 11.9 Å². The van der Waals surface area contributed by atoms with Crippen LogP contribution in [-0.2, 0) is 0 Å². The van der Waals surface area contributed by atoms with Gasteiger partial charge in [0.2, 0.25) is 0 Å². The molecule has 1 saturated heterocycles. The molecule has 1 fully saturated rings. The summed E-state index contributed by atoms with van der Waals surface area (Å²) in [6, 6.07) is 3.85. The van der Waals surface area contributed by atoms with E-state index in [0.717, 1.165) is 44.5 Å². The molecule has 0 unspecified atom stereocenters. The molecule has 3 rings (SSSR count). The lowest BCUT2D eigenvalue weighted by Crippen LogP contribution is -2.46. The van der Waals surface area contributed by atoms with Crippen molar-refractivity contribution in [2.24, 2.45) is 0 Å². The average molecular weight is 315 g/mol. The number of likely N-dealkylation sites (tertiary alicyclic amines) is 1. The summed E-state index contributed by atoms with van der Waals surface area (Å²) in [6.45, 7) is 2.19. The Morgan fingerprint density at radius 3 is 2.91 bits per heavy atom. The molecule has 2 amide bonds. The lowest BCUT2D eigenvalue weighted by molar-refractivity contribution is 0.111. The Morgan fingerprint density at radius 1 is 1.35 bits per heavy atom. The smallest absolute Gasteiger partial charge is 0.317 e. The SMILES string of the molecule is O=C(NCC1=CCCCC1)N1CCC(Oc2cccnc2)CC1. The fraction of sp³-hybridized carbons (Fsp3) is 0.556. The minimum Gasteiger partial charge on any atom is -0.489 e. The van der Waals surface area contributed by atoms with Gasteiger partial charge in [-0.2, -0.15) is 0 Å². The number of hydrogen-bond donors (Lipinski definition) is 1. The number of carbonyl (C=O) groups is 1. The maximum atomic E-state index is 12.2. The zero-order valence-electron chi connectivity index (χ0n) is 13.5. The first-order valence-electron chi connectivity index (χ1n) is 8.58. The van der Waals surface area contributed by atoms with Crippen LogP contribution in [0.2, 0.25) is 0 Å². The van der Waals surface area contributed by atoms with Crippen molar-refractivity contribution in [3.63, 3.8) is 0 Å². The number of carbonyl (C=O) groups excluding carboxylic acids is 1. The van der Waals surface area contributed by atoms with Crippen LogP contribution in [0.3, 0.4) is 0 Å². The van der Waals surface area contributed by atoms with E-state index in [1.807, 2.05) is 17.0 Å². The summed E-state index contributed by atoms with van der Waals surface area (Å²) in [5.74, 6) is 0.805. The third-order valence-corrected chi connectivity index (χ3v) is 4.52. The van der Waals surface area contributed by atoms with E-state index in [4.69, 9.17) is 4.74 Å². The van der Waals surface area contributed by atoms with Crippen LogP contribution < -0.4 is 10.1 Å². The number of allylic oxidation sites excluding steroid dienone is 1. The molecule has 0 radical (unpaired) electrons. The summed E-state index contributed by atoms with van der Waals surface area (Å²) in [6.07, 6.45) is 12.5. The molecule has 0 aromatic carbocycles. The zero-order valence-corrected chi connectivity index (χ0v) is 13.5. The molecule has 0 spiro atoms. The average Bonchev–Trinajstić information content (AvgIpc) is 2.62. The second kappa shape index (κ2) is 7.99. The Labute approximate surface area is 137 Å². The van der Waals surface area contributed by atoms with E-state index in [1.54, 1.807) is 12.4 Å². The van der Waals surface area contributed by atoms with E-state index >= 15 is 0 Å². The fourth-order valence-corrected chi connectivity index (χ4v) is 3.15. The van der Waals surface area contributed by atoms with Gasteiger partial charge < -0.3 is 15.0 Å². The van der Waals surface area contributed by atoms with Gasteiger partial charge in [-0.3, -0.25) is 4.98 Å². The summed E-state index contributed by atoms with van der Waals surface area (Å²) in [5.41, 5.74) is 1.37. The number of nitrogens with zero attached hydrogens (tertiary/aromatic N) is 2. The molecule has 124 valence electrons. The molecule has 1 aliphatic carbocycles. The van der Waals surface area contributed by atoms with Gasteiger partial charge >= 0.3 is 6.03 Å². The highest BCUT2D eigenvalue weighted by Gasteiger charge is 2.24. The van der Waals surface area contributed by atoms with Gasteiger partial charge in [0.25, 0.3) is 0 Å². The predicted octanol–water partition coefficient (Wildman–Crippen LogP) is 3.13. The minimum atomic E-state index is 0.0521. The summed E-state index contributed by atoms with van der Waals surface area (Å²) < 4.78 is 5.91. The Balaban J connectivity index is 1.39. The fourth-order valence-electron chi connectivity index (χ4n) is 3.15. The molecule has 5 heteroatoms. The van der Waals surface area contributed by atoms with Gasteiger partial charge in [-0.1, -0.05) is 11.6 Å². The van der Waals surface area contributed by atoms with E-state index in [2.05, 4.69) is 16.4 Å². The zero-order chi connectivity index (χ0) is 15.9. The highest BCUT2D eigenvalue weighted by molar-refractivity contribution is 5.74. The van der Waals surface area contributed by atoms with Crippen molar-refractivity contribution in [3.05, 3.63) is 36.2 Å².